The Morgan fingerprint density at radius 1 is 1.19 bits per heavy atom. The molecule has 1 aliphatic heterocycles. The van der Waals surface area contributed by atoms with Gasteiger partial charge in [-0.05, 0) is 43.2 Å². The Kier molecular flexibility index (Phi) is 5.75. The first kappa shape index (κ1) is 21.0. The van der Waals surface area contributed by atoms with Crippen LogP contribution in [0.3, 0.4) is 0 Å². The third-order valence-electron chi connectivity index (χ3n) is 6.22. The maximum Gasteiger partial charge on any atom is 0.252 e. The van der Waals surface area contributed by atoms with E-state index in [-0.39, 0.29) is 23.5 Å². The molecule has 31 heavy (non-hydrogen) atoms. The molecule has 0 amide bonds. The summed E-state index contributed by atoms with van der Waals surface area (Å²) in [6, 6.07) is 14.3. The van der Waals surface area contributed by atoms with Gasteiger partial charge in [0.25, 0.3) is 5.56 Å². The molecule has 1 saturated heterocycles. The summed E-state index contributed by atoms with van der Waals surface area (Å²) >= 11 is 0. The highest BCUT2D eigenvalue weighted by Gasteiger charge is 2.32. The van der Waals surface area contributed by atoms with E-state index >= 15 is 0 Å². The summed E-state index contributed by atoms with van der Waals surface area (Å²) in [6.07, 6.45) is 0.948. The second-order valence-electron chi connectivity index (χ2n) is 8.22. The Bertz CT molecular complexity index is 1200. The average Bonchev–Trinajstić information content (AvgIpc) is 2.78. The normalized spacial score (nSPS) is 19.5. The maximum absolute atomic E-state index is 13.3. The fraction of sp³-hybridized carbons (Fsp3) is 0.375. The van der Waals surface area contributed by atoms with Crippen molar-refractivity contribution in [3.8, 4) is 6.07 Å². The molecule has 2 atom stereocenters. The van der Waals surface area contributed by atoms with Gasteiger partial charge < -0.3 is 9.47 Å². The van der Waals surface area contributed by atoms with E-state index in [4.69, 9.17) is 0 Å². The predicted molar refractivity (Wildman–Crippen MR) is 119 cm³/mol. The minimum absolute atomic E-state index is 0.0944. The number of aryl methyl sites for hydroxylation is 1. The van der Waals surface area contributed by atoms with E-state index in [9.17, 15) is 14.4 Å². The SMILES string of the molecule is CCC1CN(c2cc(=O)n(C)c3ccc(C#N)nc23)[C@@H](C)CN1Cc1ccc(F)cc1. The van der Waals surface area contributed by atoms with E-state index in [1.807, 2.05) is 12.1 Å². The van der Waals surface area contributed by atoms with E-state index in [0.717, 1.165) is 42.8 Å². The zero-order valence-corrected chi connectivity index (χ0v) is 18.0. The largest absolute Gasteiger partial charge is 0.364 e. The highest BCUT2D eigenvalue weighted by molar-refractivity contribution is 5.89. The van der Waals surface area contributed by atoms with Crippen molar-refractivity contribution in [2.45, 2.75) is 38.9 Å². The highest BCUT2D eigenvalue weighted by atomic mass is 19.1. The third-order valence-corrected chi connectivity index (χ3v) is 6.22. The second-order valence-corrected chi connectivity index (χ2v) is 8.22. The number of benzene rings is 1. The van der Waals surface area contributed by atoms with Gasteiger partial charge in [0.15, 0.2) is 0 Å². The lowest BCUT2D eigenvalue weighted by Crippen LogP contribution is -2.57. The number of nitrogens with zero attached hydrogens (tertiary/aromatic N) is 5. The molecular weight excluding hydrogens is 393 g/mol. The Balaban J connectivity index is 1.69. The van der Waals surface area contributed by atoms with E-state index < -0.39 is 0 Å². The van der Waals surface area contributed by atoms with Gasteiger partial charge in [-0.15, -0.1) is 0 Å². The van der Waals surface area contributed by atoms with Crippen LogP contribution in [0.1, 0.15) is 31.5 Å². The summed E-state index contributed by atoms with van der Waals surface area (Å²) < 4.78 is 14.8. The molecule has 0 bridgehead atoms. The predicted octanol–water partition coefficient (Wildman–Crippen LogP) is 3.43. The Morgan fingerprint density at radius 3 is 2.61 bits per heavy atom. The van der Waals surface area contributed by atoms with Crippen LogP contribution >= 0.6 is 0 Å². The number of fused-ring (bicyclic) bond motifs is 1. The molecule has 4 rings (SSSR count). The van der Waals surface area contributed by atoms with Gasteiger partial charge in [0, 0.05) is 44.8 Å². The lowest BCUT2D eigenvalue weighted by atomic mass is 10.0. The van der Waals surface area contributed by atoms with Gasteiger partial charge in [-0.2, -0.15) is 5.26 Å². The average molecular weight is 420 g/mol. The van der Waals surface area contributed by atoms with E-state index in [1.54, 1.807) is 29.8 Å². The fourth-order valence-electron chi connectivity index (χ4n) is 4.44. The standard InChI is InChI=1S/C24H26FN5O/c1-4-20-15-30(16(2)13-29(20)14-17-5-7-18(25)8-6-17)22-11-23(31)28(3)21-10-9-19(12-26)27-24(21)22/h5-11,16,20H,4,13-15H2,1-3H3/t16-,20?/m0/s1. The van der Waals surface area contributed by atoms with Gasteiger partial charge in [-0.25, -0.2) is 9.37 Å². The van der Waals surface area contributed by atoms with Gasteiger partial charge in [0.05, 0.1) is 11.2 Å². The summed E-state index contributed by atoms with van der Waals surface area (Å²) in [4.78, 5) is 21.8. The van der Waals surface area contributed by atoms with Crippen molar-refractivity contribution < 1.29 is 4.39 Å². The first-order chi connectivity index (χ1) is 14.9. The van der Waals surface area contributed by atoms with Crippen LogP contribution in [-0.4, -0.2) is 39.6 Å². The lowest BCUT2D eigenvalue weighted by Gasteiger charge is -2.46. The zero-order chi connectivity index (χ0) is 22.1. The Hall–Kier alpha value is -3.24. The van der Waals surface area contributed by atoms with Crippen LogP contribution < -0.4 is 10.5 Å². The van der Waals surface area contributed by atoms with Crippen LogP contribution in [0.5, 0.6) is 0 Å². The molecule has 3 aromatic rings. The fourth-order valence-corrected chi connectivity index (χ4v) is 4.44. The van der Waals surface area contributed by atoms with E-state index in [2.05, 4.69) is 34.7 Å². The molecule has 2 aromatic heterocycles. The molecule has 1 aliphatic rings. The molecule has 0 spiro atoms. The minimum atomic E-state index is -0.226. The third kappa shape index (κ3) is 4.04. The second kappa shape index (κ2) is 8.48. The van der Waals surface area contributed by atoms with Crippen molar-refractivity contribution in [1.82, 2.24) is 14.5 Å². The molecular formula is C24H26FN5O. The molecule has 3 heterocycles. The number of anilines is 1. The van der Waals surface area contributed by atoms with Crippen LogP contribution in [0, 0.1) is 17.1 Å². The first-order valence-corrected chi connectivity index (χ1v) is 10.6. The van der Waals surface area contributed by atoms with Gasteiger partial charge in [-0.3, -0.25) is 9.69 Å². The molecule has 160 valence electrons. The van der Waals surface area contributed by atoms with Gasteiger partial charge in [-0.1, -0.05) is 19.1 Å². The number of rotatable bonds is 4. The topological polar surface area (TPSA) is 65.2 Å². The maximum atomic E-state index is 13.3. The molecule has 1 unspecified atom stereocenters. The molecule has 7 heteroatoms. The Labute approximate surface area is 181 Å². The van der Waals surface area contributed by atoms with Crippen LogP contribution in [0.15, 0.2) is 47.3 Å². The summed E-state index contributed by atoms with van der Waals surface area (Å²) in [6.45, 7) is 6.61. The molecule has 0 aliphatic carbocycles. The number of aromatic nitrogens is 2. The van der Waals surface area contributed by atoms with Crippen LogP contribution in [-0.2, 0) is 13.6 Å². The van der Waals surface area contributed by atoms with Crippen molar-refractivity contribution in [3.05, 3.63) is 69.9 Å². The number of piperazine rings is 1. The first-order valence-electron chi connectivity index (χ1n) is 10.6. The number of pyridine rings is 2. The number of halogens is 1. The highest BCUT2D eigenvalue weighted by Crippen LogP contribution is 2.30. The van der Waals surface area contributed by atoms with Crippen LogP contribution in [0.25, 0.3) is 11.0 Å². The zero-order valence-electron chi connectivity index (χ0n) is 18.0. The van der Waals surface area contributed by atoms with Gasteiger partial charge >= 0.3 is 0 Å². The number of hydrogen-bond donors (Lipinski definition) is 0. The molecule has 0 N–H and O–H groups in total. The van der Waals surface area contributed by atoms with E-state index in [1.165, 1.54) is 12.1 Å². The Morgan fingerprint density at radius 2 is 1.94 bits per heavy atom. The summed E-state index contributed by atoms with van der Waals surface area (Å²) in [5.74, 6) is -0.226. The van der Waals surface area contributed by atoms with Crippen molar-refractivity contribution in [2.75, 3.05) is 18.0 Å². The molecule has 0 radical (unpaired) electrons. The van der Waals surface area contributed by atoms with Crippen LogP contribution in [0.4, 0.5) is 10.1 Å². The van der Waals surface area contributed by atoms with E-state index in [0.29, 0.717) is 11.2 Å². The van der Waals surface area contributed by atoms with Crippen molar-refractivity contribution in [2.24, 2.45) is 7.05 Å². The lowest BCUT2D eigenvalue weighted by molar-refractivity contribution is 0.142. The quantitative estimate of drug-likeness (QED) is 0.648. The number of hydrogen-bond acceptors (Lipinski definition) is 5. The van der Waals surface area contributed by atoms with Crippen molar-refractivity contribution in [3.63, 3.8) is 0 Å². The molecule has 0 saturated carbocycles. The summed E-state index contributed by atoms with van der Waals surface area (Å²) in [5, 5.41) is 9.32. The van der Waals surface area contributed by atoms with Gasteiger partial charge in [0.2, 0.25) is 0 Å². The number of nitriles is 1. The molecule has 6 nitrogen and oxygen atoms in total. The minimum Gasteiger partial charge on any atom is -0.364 e. The van der Waals surface area contributed by atoms with Crippen molar-refractivity contribution >= 4 is 16.7 Å². The summed E-state index contributed by atoms with van der Waals surface area (Å²) in [5.41, 5.74) is 3.50. The molecule has 1 aromatic carbocycles. The molecule has 1 fully saturated rings. The summed E-state index contributed by atoms with van der Waals surface area (Å²) in [7, 11) is 1.72. The smallest absolute Gasteiger partial charge is 0.252 e. The van der Waals surface area contributed by atoms with Gasteiger partial charge in [0.1, 0.15) is 23.1 Å². The van der Waals surface area contributed by atoms with Crippen LogP contribution in [0.2, 0.25) is 0 Å². The monoisotopic (exact) mass is 419 g/mol. The van der Waals surface area contributed by atoms with Crippen molar-refractivity contribution in [1.29, 1.82) is 5.26 Å².